The quantitative estimate of drug-likeness (QED) is 0.676. The number of benzene rings is 1. The van der Waals surface area contributed by atoms with Crippen molar-refractivity contribution >= 4 is 11.6 Å². The number of rotatable bonds is 6. The van der Waals surface area contributed by atoms with Crippen LogP contribution in [0.1, 0.15) is 23.7 Å². The Kier molecular flexibility index (Phi) is 5.36. The maximum Gasteiger partial charge on any atom is 0.253 e. The number of amides is 1. The molecule has 0 aromatic heterocycles. The minimum Gasteiger partial charge on any atom is -0.384 e. The second-order valence-corrected chi connectivity index (χ2v) is 3.52. The first-order valence-electron chi connectivity index (χ1n) is 5.60. The van der Waals surface area contributed by atoms with Crippen LogP contribution in [-0.2, 0) is 0 Å². The highest BCUT2D eigenvalue weighted by molar-refractivity contribution is 5.99. The van der Waals surface area contributed by atoms with Crippen LogP contribution in [0.4, 0.5) is 5.69 Å². The van der Waals surface area contributed by atoms with Gasteiger partial charge in [0.15, 0.2) is 0 Å². The van der Waals surface area contributed by atoms with Gasteiger partial charge in [0.2, 0.25) is 0 Å². The molecule has 1 aromatic rings. The number of nitrogens with two attached hydrogens (primary N) is 1. The Balaban J connectivity index is 2.73. The van der Waals surface area contributed by atoms with Crippen molar-refractivity contribution in [3.05, 3.63) is 29.8 Å². The number of hydrogen-bond acceptors (Lipinski definition) is 3. The fraction of sp³-hybridized carbons (Fsp3) is 0.417. The topological polar surface area (TPSA) is 67.2 Å². The summed E-state index contributed by atoms with van der Waals surface area (Å²) in [6, 6.07) is 7.49. The van der Waals surface area contributed by atoms with Crippen molar-refractivity contribution in [2.24, 2.45) is 5.73 Å². The summed E-state index contributed by atoms with van der Waals surface area (Å²) >= 11 is 0. The van der Waals surface area contributed by atoms with Crippen molar-refractivity contribution in [3.63, 3.8) is 0 Å². The molecule has 1 aromatic carbocycles. The van der Waals surface area contributed by atoms with E-state index in [2.05, 4.69) is 17.6 Å². The van der Waals surface area contributed by atoms with Crippen LogP contribution in [0.25, 0.3) is 0 Å². The standard InChI is InChI=1S/C12H19N3O/c1-2-8-14-11-6-4-3-5-10(11)12(16)15-9-7-13/h3-6,14H,2,7-9,13H2,1H3,(H,15,16). The van der Waals surface area contributed by atoms with E-state index >= 15 is 0 Å². The Morgan fingerprint density at radius 1 is 1.31 bits per heavy atom. The number of nitrogens with one attached hydrogen (secondary N) is 2. The molecule has 0 spiro atoms. The molecule has 4 N–H and O–H groups in total. The molecule has 0 heterocycles. The molecule has 16 heavy (non-hydrogen) atoms. The lowest BCUT2D eigenvalue weighted by Crippen LogP contribution is -2.29. The summed E-state index contributed by atoms with van der Waals surface area (Å²) in [5.74, 6) is -0.0790. The molecule has 1 amide bonds. The van der Waals surface area contributed by atoms with E-state index < -0.39 is 0 Å². The molecule has 0 saturated heterocycles. The zero-order chi connectivity index (χ0) is 11.8. The first kappa shape index (κ1) is 12.5. The maximum absolute atomic E-state index is 11.8. The van der Waals surface area contributed by atoms with Gasteiger partial charge in [-0.05, 0) is 18.6 Å². The van der Waals surface area contributed by atoms with E-state index in [4.69, 9.17) is 5.73 Å². The van der Waals surface area contributed by atoms with E-state index in [9.17, 15) is 4.79 Å². The predicted molar refractivity (Wildman–Crippen MR) is 66.6 cm³/mol. The molecule has 0 saturated carbocycles. The smallest absolute Gasteiger partial charge is 0.253 e. The molecule has 0 unspecified atom stereocenters. The lowest BCUT2D eigenvalue weighted by Gasteiger charge is -2.11. The summed E-state index contributed by atoms with van der Waals surface area (Å²) in [5, 5.41) is 5.99. The summed E-state index contributed by atoms with van der Waals surface area (Å²) in [7, 11) is 0. The zero-order valence-corrected chi connectivity index (χ0v) is 9.62. The zero-order valence-electron chi connectivity index (χ0n) is 9.62. The molecule has 0 atom stereocenters. The Bertz CT molecular complexity index is 339. The second kappa shape index (κ2) is 6.85. The van der Waals surface area contributed by atoms with Gasteiger partial charge in [0.25, 0.3) is 5.91 Å². The number of hydrogen-bond donors (Lipinski definition) is 3. The van der Waals surface area contributed by atoms with Crippen molar-refractivity contribution < 1.29 is 4.79 Å². The molecule has 4 heteroatoms. The van der Waals surface area contributed by atoms with E-state index in [0.717, 1.165) is 18.7 Å². The molecule has 0 aliphatic rings. The van der Waals surface area contributed by atoms with Gasteiger partial charge in [-0.15, -0.1) is 0 Å². The normalized spacial score (nSPS) is 9.88. The van der Waals surface area contributed by atoms with Gasteiger partial charge >= 0.3 is 0 Å². The fourth-order valence-electron chi connectivity index (χ4n) is 1.38. The molecule has 0 aliphatic carbocycles. The Morgan fingerprint density at radius 3 is 2.75 bits per heavy atom. The molecule has 0 fully saturated rings. The van der Waals surface area contributed by atoms with Crippen molar-refractivity contribution in [2.45, 2.75) is 13.3 Å². The highest BCUT2D eigenvalue weighted by Crippen LogP contribution is 2.14. The molecule has 4 nitrogen and oxygen atoms in total. The third kappa shape index (κ3) is 3.55. The maximum atomic E-state index is 11.8. The Labute approximate surface area is 96.2 Å². The average molecular weight is 221 g/mol. The molecule has 0 radical (unpaired) electrons. The van der Waals surface area contributed by atoms with E-state index in [1.165, 1.54) is 0 Å². The fourth-order valence-corrected chi connectivity index (χ4v) is 1.38. The van der Waals surface area contributed by atoms with Gasteiger partial charge in [-0.25, -0.2) is 0 Å². The Morgan fingerprint density at radius 2 is 2.06 bits per heavy atom. The molecular formula is C12H19N3O. The highest BCUT2D eigenvalue weighted by Gasteiger charge is 2.08. The first-order valence-corrected chi connectivity index (χ1v) is 5.60. The van der Waals surface area contributed by atoms with Crippen LogP contribution >= 0.6 is 0 Å². The predicted octanol–water partition coefficient (Wildman–Crippen LogP) is 1.20. The molecular weight excluding hydrogens is 202 g/mol. The highest BCUT2D eigenvalue weighted by atomic mass is 16.1. The minimum atomic E-state index is -0.0790. The largest absolute Gasteiger partial charge is 0.384 e. The average Bonchev–Trinajstić information content (AvgIpc) is 2.33. The van der Waals surface area contributed by atoms with Crippen LogP contribution < -0.4 is 16.4 Å². The van der Waals surface area contributed by atoms with E-state index in [-0.39, 0.29) is 5.91 Å². The van der Waals surface area contributed by atoms with Gasteiger partial charge in [-0.3, -0.25) is 4.79 Å². The first-order chi connectivity index (χ1) is 7.79. The van der Waals surface area contributed by atoms with Crippen LogP contribution in [0, 0.1) is 0 Å². The van der Waals surface area contributed by atoms with E-state index in [0.29, 0.717) is 18.7 Å². The minimum absolute atomic E-state index is 0.0790. The monoisotopic (exact) mass is 221 g/mol. The SMILES string of the molecule is CCCNc1ccccc1C(=O)NCCN. The molecule has 1 rings (SSSR count). The summed E-state index contributed by atoms with van der Waals surface area (Å²) < 4.78 is 0. The number of para-hydroxylation sites is 1. The van der Waals surface area contributed by atoms with Gasteiger partial charge in [0.05, 0.1) is 5.56 Å². The van der Waals surface area contributed by atoms with Crippen LogP contribution in [0.2, 0.25) is 0 Å². The molecule has 0 bridgehead atoms. The van der Waals surface area contributed by atoms with Crippen molar-refractivity contribution in [1.82, 2.24) is 5.32 Å². The van der Waals surface area contributed by atoms with E-state index in [1.807, 2.05) is 24.3 Å². The van der Waals surface area contributed by atoms with Crippen LogP contribution in [0.3, 0.4) is 0 Å². The third-order valence-electron chi connectivity index (χ3n) is 2.17. The summed E-state index contributed by atoms with van der Waals surface area (Å²) in [6.45, 7) is 3.91. The van der Waals surface area contributed by atoms with Gasteiger partial charge in [0, 0.05) is 25.3 Å². The van der Waals surface area contributed by atoms with Crippen LogP contribution in [0.15, 0.2) is 24.3 Å². The second-order valence-electron chi connectivity index (χ2n) is 3.52. The summed E-state index contributed by atoms with van der Waals surface area (Å²) in [6.07, 6.45) is 1.03. The number of anilines is 1. The van der Waals surface area contributed by atoms with Crippen molar-refractivity contribution in [1.29, 1.82) is 0 Å². The van der Waals surface area contributed by atoms with Gasteiger partial charge in [-0.2, -0.15) is 0 Å². The van der Waals surface area contributed by atoms with Gasteiger partial charge < -0.3 is 16.4 Å². The van der Waals surface area contributed by atoms with E-state index in [1.54, 1.807) is 0 Å². The number of carbonyl (C=O) groups is 1. The lowest BCUT2D eigenvalue weighted by atomic mass is 10.1. The molecule has 0 aliphatic heterocycles. The molecule has 88 valence electrons. The van der Waals surface area contributed by atoms with Gasteiger partial charge in [0.1, 0.15) is 0 Å². The van der Waals surface area contributed by atoms with Crippen LogP contribution in [0.5, 0.6) is 0 Å². The van der Waals surface area contributed by atoms with Gasteiger partial charge in [-0.1, -0.05) is 19.1 Å². The summed E-state index contributed by atoms with van der Waals surface area (Å²) in [5.41, 5.74) is 6.89. The third-order valence-corrected chi connectivity index (χ3v) is 2.17. The van der Waals surface area contributed by atoms with Crippen molar-refractivity contribution in [3.8, 4) is 0 Å². The Hall–Kier alpha value is -1.55. The van der Waals surface area contributed by atoms with Crippen LogP contribution in [-0.4, -0.2) is 25.5 Å². The summed E-state index contributed by atoms with van der Waals surface area (Å²) in [4.78, 5) is 11.8. The van der Waals surface area contributed by atoms with Crippen molar-refractivity contribution in [2.75, 3.05) is 25.0 Å². The number of carbonyl (C=O) groups excluding carboxylic acids is 1. The lowest BCUT2D eigenvalue weighted by molar-refractivity contribution is 0.0955.